The molecule has 0 aliphatic carbocycles. The third kappa shape index (κ3) is 2.37. The van der Waals surface area contributed by atoms with Gasteiger partial charge in [-0.2, -0.15) is 10.2 Å². The maximum absolute atomic E-state index is 5.99. The Morgan fingerprint density at radius 2 is 1.47 bits per heavy atom. The van der Waals surface area contributed by atoms with Gasteiger partial charge in [-0.3, -0.25) is 9.36 Å². The highest BCUT2D eigenvalue weighted by atomic mass is 35.5. The molecule has 0 saturated heterocycles. The van der Waals surface area contributed by atoms with Crippen LogP contribution in [0.3, 0.4) is 0 Å². The lowest BCUT2D eigenvalue weighted by Gasteiger charge is -2.03. The highest BCUT2D eigenvalue weighted by molar-refractivity contribution is 5.85. The van der Waals surface area contributed by atoms with Crippen molar-refractivity contribution in [2.24, 2.45) is 19.8 Å². The first kappa shape index (κ1) is 11.7. The Hall–Kier alpha value is -1.33. The predicted molar refractivity (Wildman–Crippen MR) is 59.7 cm³/mol. The van der Waals surface area contributed by atoms with Gasteiger partial charge in [-0.25, -0.2) is 0 Å². The van der Waals surface area contributed by atoms with E-state index in [1.165, 1.54) is 0 Å². The van der Waals surface area contributed by atoms with E-state index in [-0.39, 0.29) is 18.4 Å². The molecule has 2 N–H and O–H groups in total. The summed E-state index contributed by atoms with van der Waals surface area (Å²) in [6.07, 6.45) is 3.75. The molecule has 0 atom stereocenters. The molecule has 0 bridgehead atoms. The molecule has 5 nitrogen and oxygen atoms in total. The Labute approximate surface area is 94.3 Å². The standard InChI is InChI=1S/C9H13N5.ClH/c1-13-5-3-7(11-13)9(10)8-4-6-14(2)12-8;/h3-6,9H,10H2,1-2H3;1H. The van der Waals surface area contributed by atoms with Crippen LogP contribution in [-0.2, 0) is 14.1 Å². The average Bonchev–Trinajstić information content (AvgIpc) is 2.73. The summed E-state index contributed by atoms with van der Waals surface area (Å²) in [5.74, 6) is 0. The molecule has 0 radical (unpaired) electrons. The molecule has 0 aromatic carbocycles. The Morgan fingerprint density at radius 1 is 1.07 bits per heavy atom. The average molecular weight is 228 g/mol. The summed E-state index contributed by atoms with van der Waals surface area (Å²) in [5.41, 5.74) is 7.67. The smallest absolute Gasteiger partial charge is 0.0937 e. The fourth-order valence-corrected chi connectivity index (χ4v) is 1.35. The summed E-state index contributed by atoms with van der Waals surface area (Å²) in [7, 11) is 3.74. The Morgan fingerprint density at radius 3 is 1.73 bits per heavy atom. The summed E-state index contributed by atoms with van der Waals surface area (Å²) in [5, 5.41) is 8.48. The number of hydrogen-bond acceptors (Lipinski definition) is 3. The van der Waals surface area contributed by atoms with Gasteiger partial charge < -0.3 is 5.73 Å². The molecular formula is C9H14ClN5. The molecule has 82 valence electrons. The molecule has 2 rings (SSSR count). The SMILES string of the molecule is Cl.Cn1ccc(C(N)c2ccn(C)n2)n1. The van der Waals surface area contributed by atoms with Crippen molar-refractivity contribution in [2.75, 3.05) is 0 Å². The number of hydrogen-bond donors (Lipinski definition) is 1. The van der Waals surface area contributed by atoms with Crippen molar-refractivity contribution >= 4 is 12.4 Å². The molecule has 15 heavy (non-hydrogen) atoms. The van der Waals surface area contributed by atoms with Gasteiger partial charge in [0.05, 0.1) is 17.4 Å². The van der Waals surface area contributed by atoms with Gasteiger partial charge in [-0.15, -0.1) is 12.4 Å². The lowest BCUT2D eigenvalue weighted by atomic mass is 10.1. The molecule has 0 amide bonds. The van der Waals surface area contributed by atoms with Crippen molar-refractivity contribution < 1.29 is 0 Å². The molecule has 2 aromatic heterocycles. The van der Waals surface area contributed by atoms with E-state index < -0.39 is 0 Å². The van der Waals surface area contributed by atoms with Crippen LogP contribution < -0.4 is 5.73 Å². The van der Waals surface area contributed by atoms with Gasteiger partial charge in [0.2, 0.25) is 0 Å². The zero-order valence-electron chi connectivity index (χ0n) is 8.66. The minimum Gasteiger partial charge on any atom is -0.318 e. The first-order valence-electron chi connectivity index (χ1n) is 4.41. The van der Waals surface area contributed by atoms with Crippen LogP contribution >= 0.6 is 12.4 Å². The lowest BCUT2D eigenvalue weighted by molar-refractivity contribution is 0.681. The largest absolute Gasteiger partial charge is 0.318 e. The summed E-state index contributed by atoms with van der Waals surface area (Å²) >= 11 is 0. The van der Waals surface area contributed by atoms with Gasteiger partial charge in [0.25, 0.3) is 0 Å². The monoisotopic (exact) mass is 227 g/mol. The number of nitrogens with zero attached hydrogens (tertiary/aromatic N) is 4. The molecular weight excluding hydrogens is 214 g/mol. The maximum Gasteiger partial charge on any atom is 0.0937 e. The maximum atomic E-state index is 5.99. The van der Waals surface area contributed by atoms with Gasteiger partial charge in [0, 0.05) is 26.5 Å². The predicted octanol–water partition coefficient (Wildman–Crippen LogP) is 0.623. The summed E-state index contributed by atoms with van der Waals surface area (Å²) < 4.78 is 3.47. The van der Waals surface area contributed by atoms with Crippen LogP contribution in [0.25, 0.3) is 0 Å². The van der Waals surface area contributed by atoms with E-state index in [1.54, 1.807) is 9.36 Å². The number of nitrogens with two attached hydrogens (primary N) is 1. The van der Waals surface area contributed by atoms with Gasteiger partial charge in [0.15, 0.2) is 0 Å². The van der Waals surface area contributed by atoms with Gasteiger partial charge in [0.1, 0.15) is 0 Å². The van der Waals surface area contributed by atoms with Crippen LogP contribution in [0.1, 0.15) is 17.4 Å². The third-order valence-electron chi connectivity index (χ3n) is 2.11. The van der Waals surface area contributed by atoms with Crippen molar-refractivity contribution in [1.29, 1.82) is 0 Å². The Kier molecular flexibility index (Phi) is 3.49. The minimum absolute atomic E-state index is 0. The van der Waals surface area contributed by atoms with Crippen LogP contribution in [0.5, 0.6) is 0 Å². The summed E-state index contributed by atoms with van der Waals surface area (Å²) in [6, 6.07) is 3.57. The molecule has 0 aliphatic rings. The topological polar surface area (TPSA) is 61.7 Å². The Balaban J connectivity index is 0.00000112. The van der Waals surface area contributed by atoms with Crippen LogP contribution in [0, 0.1) is 0 Å². The molecule has 0 unspecified atom stereocenters. The van der Waals surface area contributed by atoms with E-state index in [0.29, 0.717) is 0 Å². The lowest BCUT2D eigenvalue weighted by Crippen LogP contribution is -2.14. The second-order valence-electron chi connectivity index (χ2n) is 3.31. The molecule has 6 heteroatoms. The van der Waals surface area contributed by atoms with Crippen molar-refractivity contribution in [3.8, 4) is 0 Å². The van der Waals surface area contributed by atoms with Gasteiger partial charge in [-0.1, -0.05) is 0 Å². The number of rotatable bonds is 2. The van der Waals surface area contributed by atoms with Crippen molar-refractivity contribution in [3.63, 3.8) is 0 Å². The van der Waals surface area contributed by atoms with E-state index in [9.17, 15) is 0 Å². The number of halogens is 1. The molecule has 0 fully saturated rings. The number of aryl methyl sites for hydroxylation is 2. The van der Waals surface area contributed by atoms with Gasteiger partial charge in [-0.05, 0) is 12.1 Å². The first-order valence-corrected chi connectivity index (χ1v) is 4.41. The van der Waals surface area contributed by atoms with Crippen LogP contribution in [-0.4, -0.2) is 19.6 Å². The van der Waals surface area contributed by atoms with Crippen LogP contribution in [0.15, 0.2) is 24.5 Å². The van der Waals surface area contributed by atoms with E-state index in [1.807, 2.05) is 38.6 Å². The molecule has 0 saturated carbocycles. The molecule has 0 spiro atoms. The second-order valence-corrected chi connectivity index (χ2v) is 3.31. The Bertz CT molecular complexity index is 393. The van der Waals surface area contributed by atoms with E-state index >= 15 is 0 Å². The fraction of sp³-hybridized carbons (Fsp3) is 0.333. The summed E-state index contributed by atoms with van der Waals surface area (Å²) in [4.78, 5) is 0. The van der Waals surface area contributed by atoms with Gasteiger partial charge >= 0.3 is 0 Å². The van der Waals surface area contributed by atoms with Crippen LogP contribution in [0.4, 0.5) is 0 Å². The molecule has 0 aliphatic heterocycles. The fourth-order valence-electron chi connectivity index (χ4n) is 1.35. The number of aromatic nitrogens is 4. The highest BCUT2D eigenvalue weighted by Gasteiger charge is 2.13. The second kappa shape index (κ2) is 4.46. The third-order valence-corrected chi connectivity index (χ3v) is 2.11. The van der Waals surface area contributed by atoms with Crippen molar-refractivity contribution in [2.45, 2.75) is 6.04 Å². The van der Waals surface area contributed by atoms with Crippen LogP contribution in [0.2, 0.25) is 0 Å². The normalized spacial score (nSPS) is 10.4. The molecule has 2 aromatic rings. The summed E-state index contributed by atoms with van der Waals surface area (Å²) in [6.45, 7) is 0. The van der Waals surface area contributed by atoms with E-state index in [2.05, 4.69) is 10.2 Å². The van der Waals surface area contributed by atoms with Crippen molar-refractivity contribution in [3.05, 3.63) is 35.9 Å². The zero-order valence-corrected chi connectivity index (χ0v) is 9.48. The van der Waals surface area contributed by atoms with E-state index in [0.717, 1.165) is 11.4 Å². The van der Waals surface area contributed by atoms with Crippen molar-refractivity contribution in [1.82, 2.24) is 19.6 Å². The molecule has 2 heterocycles. The highest BCUT2D eigenvalue weighted by Crippen LogP contribution is 2.14. The quantitative estimate of drug-likeness (QED) is 0.819. The van der Waals surface area contributed by atoms with E-state index in [4.69, 9.17) is 5.73 Å². The minimum atomic E-state index is -0.239. The first-order chi connectivity index (χ1) is 6.66. The zero-order chi connectivity index (χ0) is 10.1.